The van der Waals surface area contributed by atoms with Gasteiger partial charge in [0.05, 0.1) is 12.6 Å². The monoisotopic (exact) mass is 388 g/mol. The predicted molar refractivity (Wildman–Crippen MR) is 114 cm³/mol. The van der Waals surface area contributed by atoms with E-state index in [-0.39, 0.29) is 0 Å². The molecule has 5 heteroatoms. The minimum absolute atomic E-state index is 0.722. The molecule has 0 N–H and O–H groups in total. The molecule has 0 amide bonds. The molecule has 0 spiro atoms. The summed E-state index contributed by atoms with van der Waals surface area (Å²) in [6.45, 7) is 8.41. The van der Waals surface area contributed by atoms with Crippen molar-refractivity contribution in [3.63, 3.8) is 0 Å². The number of nitrogens with zero attached hydrogens (tertiary/aromatic N) is 3. The first-order valence-electron chi connectivity index (χ1n) is 9.38. The number of hydrogen-bond acceptors (Lipinski definition) is 3. The smallest absolute Gasteiger partial charge is 0.294 e. The molecule has 0 fully saturated rings. The molecule has 0 saturated heterocycles. The molecule has 0 bridgehead atoms. The molecule has 5 aromatic rings. The van der Waals surface area contributed by atoms with E-state index in [1.165, 1.54) is 43.9 Å². The lowest BCUT2D eigenvalue weighted by Crippen LogP contribution is -2.29. The Hall–Kier alpha value is -2.92. The molecule has 3 heterocycles. The van der Waals surface area contributed by atoms with Gasteiger partial charge in [-0.15, -0.1) is 0 Å². The Kier molecular flexibility index (Phi) is 3.71. The number of hydrogen-bond donors (Lipinski definition) is 0. The second kappa shape index (κ2) is 6.04. The average Bonchev–Trinajstić information content (AvgIpc) is 3.27. The Labute approximate surface area is 167 Å². The number of imidazole rings is 1. The van der Waals surface area contributed by atoms with E-state index in [1.807, 2.05) is 6.92 Å². The lowest BCUT2D eigenvalue weighted by Gasteiger charge is -2.10. The minimum atomic E-state index is 0.722. The highest BCUT2D eigenvalue weighted by atomic mass is 32.1. The Morgan fingerprint density at radius 2 is 1.79 bits per heavy atom. The molecule has 3 aromatic heterocycles. The fraction of sp³-hybridized carbons (Fsp3) is 0.217. The second-order valence-corrected chi connectivity index (χ2v) is 8.49. The summed E-state index contributed by atoms with van der Waals surface area (Å²) >= 11 is 1.67. The Morgan fingerprint density at radius 3 is 2.54 bits per heavy atom. The summed E-state index contributed by atoms with van der Waals surface area (Å²) in [5, 5.41) is 1.17. The van der Waals surface area contributed by atoms with Gasteiger partial charge in [-0.25, -0.2) is 9.55 Å². The molecule has 4 nitrogen and oxygen atoms in total. The van der Waals surface area contributed by atoms with E-state index in [0.29, 0.717) is 0 Å². The Bertz CT molecular complexity index is 1350. The van der Waals surface area contributed by atoms with Gasteiger partial charge in [-0.05, 0) is 49.6 Å². The molecule has 0 unspecified atom stereocenters. The zero-order chi connectivity index (χ0) is 19.6. The van der Waals surface area contributed by atoms with Crippen molar-refractivity contribution in [2.75, 3.05) is 0 Å². The van der Waals surface area contributed by atoms with E-state index < -0.39 is 0 Å². The summed E-state index contributed by atoms with van der Waals surface area (Å²) in [7, 11) is 2.11. The number of fused-ring (bicyclic) bond motifs is 3. The fourth-order valence-electron chi connectivity index (χ4n) is 4.11. The van der Waals surface area contributed by atoms with Crippen LogP contribution in [0.4, 0.5) is 0 Å². The second-order valence-electron chi connectivity index (χ2n) is 7.48. The third kappa shape index (κ3) is 2.43. The van der Waals surface area contributed by atoms with Gasteiger partial charge in [-0.3, -0.25) is 0 Å². The molecule has 28 heavy (non-hydrogen) atoms. The van der Waals surface area contributed by atoms with Crippen LogP contribution in [-0.4, -0.2) is 9.55 Å². The van der Waals surface area contributed by atoms with E-state index >= 15 is 0 Å². The molecule has 0 atom stereocenters. The SMILES string of the molecule is Cc1nc2c(o1)sc1cc(-c3n(-c4c(C)cccc4C)cc[n+]3C)c(C)cc12. The predicted octanol–water partition coefficient (Wildman–Crippen LogP) is 5.56. The molecule has 140 valence electrons. The third-order valence-corrected chi connectivity index (χ3v) is 6.43. The minimum Gasteiger partial charge on any atom is -0.430 e. The topological polar surface area (TPSA) is 34.8 Å². The van der Waals surface area contributed by atoms with E-state index in [9.17, 15) is 0 Å². The van der Waals surface area contributed by atoms with Gasteiger partial charge in [0.15, 0.2) is 5.89 Å². The van der Waals surface area contributed by atoms with Crippen molar-refractivity contribution in [2.24, 2.45) is 7.05 Å². The lowest BCUT2D eigenvalue weighted by molar-refractivity contribution is -0.659. The van der Waals surface area contributed by atoms with E-state index in [0.717, 1.165) is 16.3 Å². The van der Waals surface area contributed by atoms with E-state index in [2.05, 4.69) is 84.7 Å². The quantitative estimate of drug-likeness (QED) is 0.371. The molecule has 0 aliphatic carbocycles. The summed E-state index contributed by atoms with van der Waals surface area (Å²) in [5.74, 6) is 1.89. The zero-order valence-electron chi connectivity index (χ0n) is 16.7. The van der Waals surface area contributed by atoms with Crippen LogP contribution in [0.3, 0.4) is 0 Å². The average molecular weight is 389 g/mol. The summed E-state index contributed by atoms with van der Waals surface area (Å²) in [5.41, 5.74) is 7.21. The molecular weight excluding hydrogens is 366 g/mol. The van der Waals surface area contributed by atoms with Crippen LogP contribution in [-0.2, 0) is 7.05 Å². The van der Waals surface area contributed by atoms with Gasteiger partial charge in [-0.2, -0.15) is 4.57 Å². The van der Waals surface area contributed by atoms with Crippen molar-refractivity contribution in [2.45, 2.75) is 27.7 Å². The molecule has 2 aromatic carbocycles. The van der Waals surface area contributed by atoms with Crippen LogP contribution in [0.25, 0.3) is 37.6 Å². The van der Waals surface area contributed by atoms with E-state index in [4.69, 9.17) is 4.42 Å². The van der Waals surface area contributed by atoms with Crippen LogP contribution in [0.15, 0.2) is 47.1 Å². The van der Waals surface area contributed by atoms with Crippen molar-refractivity contribution in [1.29, 1.82) is 0 Å². The van der Waals surface area contributed by atoms with Gasteiger partial charge < -0.3 is 4.42 Å². The molecule has 5 rings (SSSR count). The summed E-state index contributed by atoms with van der Waals surface area (Å²) in [6.07, 6.45) is 4.27. The summed E-state index contributed by atoms with van der Waals surface area (Å²) in [4.78, 5) is 5.48. The van der Waals surface area contributed by atoms with Crippen LogP contribution in [0, 0.1) is 27.7 Å². The highest BCUT2D eigenvalue weighted by molar-refractivity contribution is 7.25. The maximum absolute atomic E-state index is 5.77. The lowest BCUT2D eigenvalue weighted by atomic mass is 10.0. The highest BCUT2D eigenvalue weighted by Gasteiger charge is 2.24. The fourth-order valence-corrected chi connectivity index (χ4v) is 5.17. The number of aromatic nitrogens is 3. The number of aryl methyl sites for hydroxylation is 5. The third-order valence-electron chi connectivity index (χ3n) is 5.41. The molecule has 0 saturated carbocycles. The van der Waals surface area contributed by atoms with Crippen molar-refractivity contribution in [1.82, 2.24) is 9.55 Å². The maximum Gasteiger partial charge on any atom is 0.294 e. The zero-order valence-corrected chi connectivity index (χ0v) is 17.5. The van der Waals surface area contributed by atoms with Gasteiger partial charge in [0.1, 0.15) is 23.6 Å². The number of benzene rings is 2. The molecule has 0 aliphatic heterocycles. The van der Waals surface area contributed by atoms with Gasteiger partial charge in [0, 0.05) is 17.0 Å². The first-order valence-corrected chi connectivity index (χ1v) is 10.2. The number of thiophene rings is 1. The normalized spacial score (nSPS) is 11.8. The maximum atomic E-state index is 5.77. The Morgan fingerprint density at radius 1 is 1.04 bits per heavy atom. The van der Waals surface area contributed by atoms with E-state index in [1.54, 1.807) is 11.3 Å². The van der Waals surface area contributed by atoms with Crippen LogP contribution in [0.2, 0.25) is 0 Å². The number of oxazole rings is 1. The number of para-hydroxylation sites is 1. The van der Waals surface area contributed by atoms with Crippen molar-refractivity contribution < 1.29 is 8.98 Å². The number of rotatable bonds is 2. The van der Waals surface area contributed by atoms with Gasteiger partial charge >= 0.3 is 0 Å². The molecule has 0 aliphatic rings. The van der Waals surface area contributed by atoms with Crippen LogP contribution >= 0.6 is 11.3 Å². The Balaban J connectivity index is 1.79. The van der Waals surface area contributed by atoms with Crippen molar-refractivity contribution in [3.05, 3.63) is 65.3 Å². The largest absolute Gasteiger partial charge is 0.430 e. The summed E-state index contributed by atoms with van der Waals surface area (Å²) in [6, 6.07) is 11.0. The van der Waals surface area contributed by atoms with Crippen LogP contribution in [0.1, 0.15) is 22.6 Å². The standard InChI is InChI=1S/C23H22N3OS/c1-13-7-6-8-14(2)21(13)26-10-9-25(5)22(26)17-12-19-18(11-15(17)3)20-23(28-19)27-16(4)24-20/h6-12H,1-5H3/q+1. The van der Waals surface area contributed by atoms with Crippen LogP contribution in [0.5, 0.6) is 0 Å². The van der Waals surface area contributed by atoms with Gasteiger partial charge in [0.25, 0.3) is 5.82 Å². The first kappa shape index (κ1) is 17.2. The highest BCUT2D eigenvalue weighted by Crippen LogP contribution is 2.38. The first-order chi connectivity index (χ1) is 13.4. The van der Waals surface area contributed by atoms with Crippen molar-refractivity contribution in [3.8, 4) is 17.1 Å². The molecular formula is C23H22N3OS+. The molecule has 0 radical (unpaired) electrons. The van der Waals surface area contributed by atoms with Gasteiger partial charge in [0.2, 0.25) is 4.90 Å². The van der Waals surface area contributed by atoms with Crippen LogP contribution < -0.4 is 4.57 Å². The summed E-state index contributed by atoms with van der Waals surface area (Å²) < 4.78 is 11.5. The van der Waals surface area contributed by atoms with Crippen molar-refractivity contribution >= 4 is 31.8 Å². The van der Waals surface area contributed by atoms with Gasteiger partial charge in [-0.1, -0.05) is 29.5 Å².